The summed E-state index contributed by atoms with van der Waals surface area (Å²) in [5.41, 5.74) is 0.390. The predicted octanol–water partition coefficient (Wildman–Crippen LogP) is 1.96. The van der Waals surface area contributed by atoms with Gasteiger partial charge in [0.15, 0.2) is 0 Å². The van der Waals surface area contributed by atoms with Crippen molar-refractivity contribution >= 4 is 12.0 Å². The second-order valence-electron chi connectivity index (χ2n) is 5.22. The van der Waals surface area contributed by atoms with E-state index in [0.29, 0.717) is 5.56 Å². The van der Waals surface area contributed by atoms with Crippen LogP contribution in [0.2, 0.25) is 0 Å². The zero-order valence-electron chi connectivity index (χ0n) is 11.6. The lowest BCUT2D eigenvalue weighted by molar-refractivity contribution is -0.137. The van der Waals surface area contributed by atoms with E-state index in [9.17, 15) is 23.5 Å². The van der Waals surface area contributed by atoms with Gasteiger partial charge in [-0.25, -0.2) is 13.6 Å². The maximum absolute atomic E-state index is 13.1. The van der Waals surface area contributed by atoms with E-state index in [4.69, 9.17) is 5.11 Å². The quantitative estimate of drug-likeness (QED) is 0.792. The number of phenolic OH excluding ortho intramolecular Hbond substituents is 1. The van der Waals surface area contributed by atoms with Gasteiger partial charge in [-0.2, -0.15) is 0 Å². The summed E-state index contributed by atoms with van der Waals surface area (Å²) in [7, 11) is 0. The summed E-state index contributed by atoms with van der Waals surface area (Å²) in [6.45, 7) is -0.767. The Morgan fingerprint density at radius 1 is 1.41 bits per heavy atom. The first-order valence-corrected chi connectivity index (χ1v) is 6.71. The van der Waals surface area contributed by atoms with E-state index < -0.39 is 43.4 Å². The van der Waals surface area contributed by atoms with Gasteiger partial charge in [0.05, 0.1) is 19.0 Å². The summed E-state index contributed by atoms with van der Waals surface area (Å²) in [4.78, 5) is 23.9. The first kappa shape index (κ1) is 16.0. The number of rotatable bonds is 4. The normalized spacial score (nSPS) is 18.0. The molecule has 0 bridgehead atoms. The standard InChI is InChI=1S/C14H16F2N2O4/c15-14(16)4-5-18(8-14)13(22)17-11(7-12(20)21)9-2-1-3-10(19)6-9/h1-3,6,11,19H,4-5,7-8H2,(H,17,22)(H,20,21). The number of hydrogen-bond acceptors (Lipinski definition) is 3. The summed E-state index contributed by atoms with van der Waals surface area (Å²) in [5.74, 6) is -4.14. The molecule has 1 aliphatic heterocycles. The molecule has 1 fully saturated rings. The van der Waals surface area contributed by atoms with Crippen molar-refractivity contribution in [1.82, 2.24) is 10.2 Å². The van der Waals surface area contributed by atoms with Crippen molar-refractivity contribution in [2.75, 3.05) is 13.1 Å². The minimum Gasteiger partial charge on any atom is -0.508 e. The molecule has 2 amide bonds. The minimum atomic E-state index is -2.91. The summed E-state index contributed by atoms with van der Waals surface area (Å²) >= 11 is 0. The van der Waals surface area contributed by atoms with Gasteiger partial charge in [0, 0.05) is 13.0 Å². The van der Waals surface area contributed by atoms with Gasteiger partial charge in [-0.15, -0.1) is 0 Å². The lowest BCUT2D eigenvalue weighted by Crippen LogP contribution is -2.42. The van der Waals surface area contributed by atoms with Crippen LogP contribution in [0.4, 0.5) is 13.6 Å². The van der Waals surface area contributed by atoms with Crippen LogP contribution in [0.3, 0.4) is 0 Å². The minimum absolute atomic E-state index is 0.0742. The summed E-state index contributed by atoms with van der Waals surface area (Å²) in [6.07, 6.45) is -0.824. The van der Waals surface area contributed by atoms with E-state index in [-0.39, 0.29) is 12.3 Å². The van der Waals surface area contributed by atoms with Crippen LogP contribution in [0, 0.1) is 0 Å². The highest BCUT2D eigenvalue weighted by Crippen LogP contribution is 2.27. The number of nitrogens with one attached hydrogen (secondary N) is 1. The number of aliphatic carboxylic acids is 1. The number of likely N-dealkylation sites (tertiary alicyclic amines) is 1. The molecule has 1 aliphatic rings. The molecule has 0 aliphatic carbocycles. The molecular formula is C14H16F2N2O4. The fraction of sp³-hybridized carbons (Fsp3) is 0.429. The number of alkyl halides is 2. The molecule has 3 N–H and O–H groups in total. The Morgan fingerprint density at radius 2 is 2.14 bits per heavy atom. The third-order valence-electron chi connectivity index (χ3n) is 3.41. The smallest absolute Gasteiger partial charge is 0.318 e. The van der Waals surface area contributed by atoms with E-state index in [1.54, 1.807) is 6.07 Å². The fourth-order valence-corrected chi connectivity index (χ4v) is 2.32. The van der Waals surface area contributed by atoms with Crippen molar-refractivity contribution in [1.29, 1.82) is 0 Å². The number of nitrogens with zero attached hydrogens (tertiary/aromatic N) is 1. The van der Waals surface area contributed by atoms with Gasteiger partial charge >= 0.3 is 12.0 Å². The highest BCUT2D eigenvalue weighted by atomic mass is 19.3. The molecule has 1 atom stereocenters. The van der Waals surface area contributed by atoms with Crippen molar-refractivity contribution in [3.63, 3.8) is 0 Å². The number of halogens is 2. The van der Waals surface area contributed by atoms with Gasteiger partial charge in [-0.1, -0.05) is 12.1 Å². The summed E-state index contributed by atoms with van der Waals surface area (Å²) in [6, 6.07) is 4.14. The largest absolute Gasteiger partial charge is 0.508 e. The van der Waals surface area contributed by atoms with Crippen LogP contribution in [0.5, 0.6) is 5.75 Å². The molecule has 0 spiro atoms. The van der Waals surface area contributed by atoms with Crippen molar-refractivity contribution in [3.8, 4) is 5.75 Å². The third-order valence-corrected chi connectivity index (χ3v) is 3.41. The van der Waals surface area contributed by atoms with Crippen molar-refractivity contribution in [2.24, 2.45) is 0 Å². The number of carbonyl (C=O) groups excluding carboxylic acids is 1. The van der Waals surface area contributed by atoms with Gasteiger partial charge in [-0.05, 0) is 17.7 Å². The number of carboxylic acid groups (broad SMARTS) is 1. The van der Waals surface area contributed by atoms with E-state index >= 15 is 0 Å². The monoisotopic (exact) mass is 314 g/mol. The SMILES string of the molecule is O=C(O)CC(NC(=O)N1CCC(F)(F)C1)c1cccc(O)c1. The zero-order chi connectivity index (χ0) is 16.3. The molecule has 22 heavy (non-hydrogen) atoms. The number of aromatic hydroxyl groups is 1. The fourth-order valence-electron chi connectivity index (χ4n) is 2.32. The number of carbonyl (C=O) groups is 2. The Labute approximate surface area is 125 Å². The molecule has 0 saturated carbocycles. The van der Waals surface area contributed by atoms with Crippen LogP contribution in [0.1, 0.15) is 24.4 Å². The lowest BCUT2D eigenvalue weighted by Gasteiger charge is -2.22. The summed E-state index contributed by atoms with van der Waals surface area (Å²) < 4.78 is 26.3. The second kappa shape index (κ2) is 6.17. The zero-order valence-corrected chi connectivity index (χ0v) is 11.6. The van der Waals surface area contributed by atoms with Gasteiger partial charge in [0.1, 0.15) is 5.75 Å². The van der Waals surface area contributed by atoms with E-state index in [1.807, 2.05) is 0 Å². The molecule has 120 valence electrons. The molecule has 6 nitrogen and oxygen atoms in total. The molecule has 1 unspecified atom stereocenters. The molecule has 0 aromatic heterocycles. The molecule has 0 radical (unpaired) electrons. The average molecular weight is 314 g/mol. The highest BCUT2D eigenvalue weighted by molar-refractivity contribution is 5.76. The number of amides is 2. The predicted molar refractivity (Wildman–Crippen MR) is 72.8 cm³/mol. The number of phenols is 1. The Morgan fingerprint density at radius 3 is 2.68 bits per heavy atom. The molecule has 1 saturated heterocycles. The van der Waals surface area contributed by atoms with Crippen LogP contribution in [0.15, 0.2) is 24.3 Å². The van der Waals surface area contributed by atoms with Crippen LogP contribution >= 0.6 is 0 Å². The van der Waals surface area contributed by atoms with Gasteiger partial charge in [0.2, 0.25) is 0 Å². The Balaban J connectivity index is 2.10. The number of urea groups is 1. The van der Waals surface area contributed by atoms with E-state index in [2.05, 4.69) is 5.32 Å². The number of benzene rings is 1. The molecule has 8 heteroatoms. The Hall–Kier alpha value is -2.38. The van der Waals surface area contributed by atoms with E-state index in [0.717, 1.165) is 4.90 Å². The molecule has 1 heterocycles. The van der Waals surface area contributed by atoms with Crippen LogP contribution < -0.4 is 5.32 Å². The topological polar surface area (TPSA) is 89.9 Å². The first-order valence-electron chi connectivity index (χ1n) is 6.71. The molecule has 1 aromatic carbocycles. The maximum atomic E-state index is 13.1. The van der Waals surface area contributed by atoms with Gasteiger partial charge in [-0.3, -0.25) is 4.79 Å². The number of hydrogen-bond donors (Lipinski definition) is 3. The number of carboxylic acids is 1. The van der Waals surface area contributed by atoms with Crippen molar-refractivity contribution < 1.29 is 28.6 Å². The maximum Gasteiger partial charge on any atom is 0.318 e. The van der Waals surface area contributed by atoms with E-state index in [1.165, 1.54) is 18.2 Å². The van der Waals surface area contributed by atoms with Crippen LogP contribution in [0.25, 0.3) is 0 Å². The first-order chi connectivity index (χ1) is 10.3. The highest BCUT2D eigenvalue weighted by Gasteiger charge is 2.40. The van der Waals surface area contributed by atoms with Crippen LogP contribution in [-0.4, -0.2) is 46.1 Å². The Kier molecular flexibility index (Phi) is 4.48. The lowest BCUT2D eigenvalue weighted by atomic mass is 10.0. The molecular weight excluding hydrogens is 298 g/mol. The molecule has 2 rings (SSSR count). The van der Waals surface area contributed by atoms with Crippen molar-refractivity contribution in [3.05, 3.63) is 29.8 Å². The average Bonchev–Trinajstić information content (AvgIpc) is 2.78. The summed E-state index contributed by atoms with van der Waals surface area (Å²) in [5, 5.41) is 20.8. The molecule has 1 aromatic rings. The Bertz CT molecular complexity index is 580. The van der Waals surface area contributed by atoms with Gasteiger partial charge in [0.25, 0.3) is 5.92 Å². The van der Waals surface area contributed by atoms with Crippen molar-refractivity contribution in [2.45, 2.75) is 24.8 Å². The third kappa shape index (κ3) is 4.06. The van der Waals surface area contributed by atoms with Crippen LogP contribution in [-0.2, 0) is 4.79 Å². The van der Waals surface area contributed by atoms with Gasteiger partial charge < -0.3 is 20.4 Å². The second-order valence-corrected chi connectivity index (χ2v) is 5.22.